The summed E-state index contributed by atoms with van der Waals surface area (Å²) in [5.41, 5.74) is 0.512. The Kier molecular flexibility index (Phi) is 4.27. The summed E-state index contributed by atoms with van der Waals surface area (Å²) in [7, 11) is 1.53. The number of hydrogen-bond donors (Lipinski definition) is 0. The van der Waals surface area contributed by atoms with Crippen LogP contribution in [-0.2, 0) is 4.79 Å². The van der Waals surface area contributed by atoms with Crippen LogP contribution < -0.4 is 9.64 Å². The van der Waals surface area contributed by atoms with Crippen LogP contribution in [0.4, 0.5) is 10.5 Å². The molecular weight excluding hydrogens is 256 g/mol. The molecular formula is C15H20N2O3. The van der Waals surface area contributed by atoms with E-state index in [4.69, 9.17) is 4.74 Å². The number of anilines is 1. The number of methoxy groups -OCH3 is 1. The third-order valence-electron chi connectivity index (χ3n) is 3.43. The van der Waals surface area contributed by atoms with Gasteiger partial charge in [-0.3, -0.25) is 4.79 Å². The SMILES string of the molecule is COc1ccccc1N1C(=O)CCCN(C(C)C)C1=O. The van der Waals surface area contributed by atoms with E-state index in [1.54, 1.807) is 23.1 Å². The largest absolute Gasteiger partial charge is 0.495 e. The van der Waals surface area contributed by atoms with Crippen molar-refractivity contribution >= 4 is 17.6 Å². The van der Waals surface area contributed by atoms with Gasteiger partial charge in [0.05, 0.1) is 12.8 Å². The van der Waals surface area contributed by atoms with Crippen LogP contribution >= 0.6 is 0 Å². The molecule has 1 heterocycles. The zero-order chi connectivity index (χ0) is 14.7. The van der Waals surface area contributed by atoms with Crippen molar-refractivity contribution in [3.05, 3.63) is 24.3 Å². The number of hydrogen-bond acceptors (Lipinski definition) is 3. The van der Waals surface area contributed by atoms with E-state index in [0.29, 0.717) is 30.8 Å². The van der Waals surface area contributed by atoms with Crippen molar-refractivity contribution in [3.8, 4) is 5.75 Å². The molecule has 0 N–H and O–H groups in total. The van der Waals surface area contributed by atoms with Crippen LogP contribution in [0.1, 0.15) is 26.7 Å². The number of carbonyl (C=O) groups is 2. The fourth-order valence-electron chi connectivity index (χ4n) is 2.37. The third-order valence-corrected chi connectivity index (χ3v) is 3.43. The molecule has 0 radical (unpaired) electrons. The average Bonchev–Trinajstić information content (AvgIpc) is 2.57. The lowest BCUT2D eigenvalue weighted by Gasteiger charge is -2.29. The quantitative estimate of drug-likeness (QED) is 0.852. The lowest BCUT2D eigenvalue weighted by molar-refractivity contribution is -0.117. The van der Waals surface area contributed by atoms with Gasteiger partial charge in [0, 0.05) is 19.0 Å². The lowest BCUT2D eigenvalue weighted by Crippen LogP contribution is -2.47. The second-order valence-corrected chi connectivity index (χ2v) is 5.07. The van der Waals surface area contributed by atoms with Gasteiger partial charge in [-0.1, -0.05) is 12.1 Å². The molecule has 5 heteroatoms. The van der Waals surface area contributed by atoms with Gasteiger partial charge in [-0.25, -0.2) is 9.69 Å². The maximum absolute atomic E-state index is 12.6. The predicted molar refractivity (Wildman–Crippen MR) is 77.0 cm³/mol. The van der Waals surface area contributed by atoms with E-state index in [0.717, 1.165) is 0 Å². The zero-order valence-electron chi connectivity index (χ0n) is 12.1. The van der Waals surface area contributed by atoms with Crippen molar-refractivity contribution in [3.63, 3.8) is 0 Å². The fraction of sp³-hybridized carbons (Fsp3) is 0.467. The highest BCUT2D eigenvalue weighted by molar-refractivity contribution is 6.15. The summed E-state index contributed by atoms with van der Waals surface area (Å²) in [4.78, 5) is 27.9. The lowest BCUT2D eigenvalue weighted by atomic mass is 10.2. The number of urea groups is 1. The minimum absolute atomic E-state index is 0.0607. The van der Waals surface area contributed by atoms with Crippen molar-refractivity contribution in [1.82, 2.24) is 4.90 Å². The molecule has 0 unspecified atom stereocenters. The molecule has 1 aliphatic heterocycles. The molecule has 1 fully saturated rings. The molecule has 1 aliphatic rings. The van der Waals surface area contributed by atoms with Crippen LogP contribution in [0.2, 0.25) is 0 Å². The minimum atomic E-state index is -0.271. The second-order valence-electron chi connectivity index (χ2n) is 5.07. The number of rotatable bonds is 3. The number of benzene rings is 1. The molecule has 0 atom stereocenters. The van der Waals surface area contributed by atoms with Gasteiger partial charge in [-0.2, -0.15) is 0 Å². The van der Waals surface area contributed by atoms with E-state index in [2.05, 4.69) is 0 Å². The Labute approximate surface area is 119 Å². The van der Waals surface area contributed by atoms with Gasteiger partial charge in [0.2, 0.25) is 5.91 Å². The van der Waals surface area contributed by atoms with E-state index in [1.165, 1.54) is 12.0 Å². The first kappa shape index (κ1) is 14.4. The van der Waals surface area contributed by atoms with Crippen LogP contribution in [0.15, 0.2) is 24.3 Å². The number of amides is 3. The minimum Gasteiger partial charge on any atom is -0.495 e. The Morgan fingerprint density at radius 2 is 1.90 bits per heavy atom. The van der Waals surface area contributed by atoms with Crippen molar-refractivity contribution in [1.29, 1.82) is 0 Å². The zero-order valence-corrected chi connectivity index (χ0v) is 12.1. The number of imide groups is 1. The van der Waals surface area contributed by atoms with Gasteiger partial charge < -0.3 is 9.64 Å². The molecule has 0 bridgehead atoms. The third kappa shape index (κ3) is 2.61. The number of ether oxygens (including phenoxy) is 1. The van der Waals surface area contributed by atoms with Crippen LogP contribution in [0.25, 0.3) is 0 Å². The molecule has 1 saturated heterocycles. The summed E-state index contributed by atoms with van der Waals surface area (Å²) in [5.74, 6) is 0.349. The van der Waals surface area contributed by atoms with Crippen LogP contribution in [0, 0.1) is 0 Å². The van der Waals surface area contributed by atoms with Crippen molar-refractivity contribution < 1.29 is 14.3 Å². The highest BCUT2D eigenvalue weighted by Gasteiger charge is 2.33. The Morgan fingerprint density at radius 3 is 2.55 bits per heavy atom. The summed E-state index contributed by atoms with van der Waals surface area (Å²) in [5, 5.41) is 0. The van der Waals surface area contributed by atoms with Gasteiger partial charge in [-0.05, 0) is 32.4 Å². The Balaban J connectivity index is 2.44. The summed E-state index contributed by atoms with van der Waals surface area (Å²) in [6, 6.07) is 6.88. The van der Waals surface area contributed by atoms with E-state index in [9.17, 15) is 9.59 Å². The molecule has 1 aromatic carbocycles. The molecule has 1 aromatic rings. The first-order chi connectivity index (χ1) is 9.56. The second kappa shape index (κ2) is 5.94. The molecule has 0 spiro atoms. The molecule has 0 aromatic heterocycles. The summed E-state index contributed by atoms with van der Waals surface area (Å²) in [6.45, 7) is 4.51. The first-order valence-corrected chi connectivity index (χ1v) is 6.83. The first-order valence-electron chi connectivity index (χ1n) is 6.83. The molecule has 0 saturated carbocycles. The normalized spacial score (nSPS) is 16.6. The van der Waals surface area contributed by atoms with E-state index < -0.39 is 0 Å². The molecule has 3 amide bonds. The van der Waals surface area contributed by atoms with Gasteiger partial charge in [0.15, 0.2) is 0 Å². The maximum atomic E-state index is 12.6. The highest BCUT2D eigenvalue weighted by Crippen LogP contribution is 2.30. The summed E-state index contributed by atoms with van der Waals surface area (Å²) >= 11 is 0. The van der Waals surface area contributed by atoms with Crippen LogP contribution in [-0.4, -0.2) is 36.5 Å². The summed E-state index contributed by atoms with van der Waals surface area (Å²) in [6.07, 6.45) is 1.06. The van der Waals surface area contributed by atoms with Gasteiger partial charge >= 0.3 is 6.03 Å². The van der Waals surface area contributed by atoms with Crippen LogP contribution in [0.3, 0.4) is 0 Å². The molecule has 2 rings (SSSR count). The monoisotopic (exact) mass is 276 g/mol. The molecule has 5 nitrogen and oxygen atoms in total. The van der Waals surface area contributed by atoms with Gasteiger partial charge in [0.25, 0.3) is 0 Å². The molecule has 0 aliphatic carbocycles. The van der Waals surface area contributed by atoms with Gasteiger partial charge in [0.1, 0.15) is 5.75 Å². The summed E-state index contributed by atoms with van der Waals surface area (Å²) < 4.78 is 5.27. The Morgan fingerprint density at radius 1 is 1.20 bits per heavy atom. The highest BCUT2D eigenvalue weighted by atomic mass is 16.5. The van der Waals surface area contributed by atoms with E-state index >= 15 is 0 Å². The topological polar surface area (TPSA) is 49.9 Å². The number of nitrogens with zero attached hydrogens (tertiary/aromatic N) is 2. The smallest absolute Gasteiger partial charge is 0.331 e. The van der Waals surface area contributed by atoms with Crippen molar-refractivity contribution in [2.24, 2.45) is 0 Å². The Hall–Kier alpha value is -2.04. The van der Waals surface area contributed by atoms with Crippen LogP contribution in [0.5, 0.6) is 5.75 Å². The maximum Gasteiger partial charge on any atom is 0.331 e. The molecule has 108 valence electrons. The van der Waals surface area contributed by atoms with E-state index in [1.807, 2.05) is 19.9 Å². The van der Waals surface area contributed by atoms with Crippen molar-refractivity contribution in [2.75, 3.05) is 18.6 Å². The average molecular weight is 276 g/mol. The Bertz CT molecular complexity index is 514. The predicted octanol–water partition coefficient (Wildman–Crippen LogP) is 2.65. The molecule has 20 heavy (non-hydrogen) atoms. The number of para-hydroxylation sites is 2. The standard InChI is InChI=1S/C15H20N2O3/c1-11(2)16-10-6-9-14(18)17(15(16)19)12-7-4-5-8-13(12)20-3/h4-5,7-8,11H,6,9-10H2,1-3H3. The van der Waals surface area contributed by atoms with E-state index in [-0.39, 0.29) is 18.0 Å². The van der Waals surface area contributed by atoms with Gasteiger partial charge in [-0.15, -0.1) is 0 Å². The number of carbonyl (C=O) groups excluding carboxylic acids is 2. The van der Waals surface area contributed by atoms with Crippen molar-refractivity contribution in [2.45, 2.75) is 32.7 Å². The fourth-order valence-corrected chi connectivity index (χ4v) is 2.37.